The summed E-state index contributed by atoms with van der Waals surface area (Å²) in [5, 5.41) is -0.482. The average Bonchev–Trinajstić information content (AvgIpc) is 3.14. The molecule has 2 aliphatic rings. The first-order chi connectivity index (χ1) is 17.4. The van der Waals surface area contributed by atoms with Gasteiger partial charge in [-0.25, -0.2) is 8.98 Å². The lowest BCUT2D eigenvalue weighted by molar-refractivity contribution is -0.0563. The van der Waals surface area contributed by atoms with Crippen LogP contribution in [0, 0.1) is 6.92 Å². The normalized spacial score (nSPS) is 28.1. The maximum absolute atomic E-state index is 13.0. The van der Waals surface area contributed by atoms with Gasteiger partial charge in [0.2, 0.25) is 0 Å². The fourth-order valence-corrected chi connectivity index (χ4v) is 7.69. The van der Waals surface area contributed by atoms with Gasteiger partial charge in [0, 0.05) is 11.8 Å². The van der Waals surface area contributed by atoms with Gasteiger partial charge >= 0.3 is 15.8 Å². The monoisotopic (exact) mass is 623 g/mol. The van der Waals surface area contributed by atoms with Crippen molar-refractivity contribution in [1.82, 2.24) is 9.55 Å². The Labute approximate surface area is 237 Å². The van der Waals surface area contributed by atoms with Crippen molar-refractivity contribution in [1.29, 1.82) is 0 Å². The highest BCUT2D eigenvalue weighted by Crippen LogP contribution is 2.54. The summed E-state index contributed by atoms with van der Waals surface area (Å²) in [5.74, 6) is 0. The molecule has 222 valence electrons. The molecular weight excluding hydrogens is 582 g/mol. The number of nitrogens with one attached hydrogen (secondary N) is 1. The maximum Gasteiger partial charge on any atom is 0.330 e. The number of H-pyrrole nitrogens is 1. The van der Waals surface area contributed by atoms with Crippen LogP contribution in [0.15, 0.2) is 25.8 Å². The van der Waals surface area contributed by atoms with E-state index in [1.807, 2.05) is 47.0 Å². The van der Waals surface area contributed by atoms with E-state index >= 15 is 0 Å². The Hall–Kier alpha value is -1.27. The van der Waals surface area contributed by atoms with E-state index in [1.54, 1.807) is 6.92 Å². The van der Waals surface area contributed by atoms with Crippen LogP contribution < -0.4 is 17.0 Å². The predicted molar refractivity (Wildman–Crippen MR) is 155 cm³/mol. The summed E-state index contributed by atoms with van der Waals surface area (Å²) in [4.78, 5) is 27.5. The van der Waals surface area contributed by atoms with E-state index in [2.05, 4.69) is 25.8 Å². The molecule has 2 aliphatic heterocycles. The van der Waals surface area contributed by atoms with Gasteiger partial charge in [-0.1, -0.05) is 53.1 Å². The second kappa shape index (κ2) is 9.93. The molecule has 0 aromatic carbocycles. The van der Waals surface area contributed by atoms with Crippen molar-refractivity contribution in [3.8, 4) is 0 Å². The lowest BCUT2D eigenvalue weighted by Crippen LogP contribution is -2.59. The number of aromatic nitrogens is 2. The molecule has 3 rings (SSSR count). The number of hydrogen-bond acceptors (Lipinski definition) is 9. The predicted octanol–water partition coefficient (Wildman–Crippen LogP) is 3.62. The van der Waals surface area contributed by atoms with Crippen molar-refractivity contribution in [2.45, 2.75) is 109 Å². The Morgan fingerprint density at radius 1 is 1.10 bits per heavy atom. The van der Waals surface area contributed by atoms with E-state index in [4.69, 9.17) is 35.1 Å². The minimum atomic E-state index is -4.45. The number of halogens is 1. The third-order valence-electron chi connectivity index (χ3n) is 8.61. The van der Waals surface area contributed by atoms with Gasteiger partial charge in [0.1, 0.15) is 12.2 Å². The van der Waals surface area contributed by atoms with E-state index in [9.17, 15) is 18.0 Å². The Bertz CT molecular complexity index is 1390. The Kier molecular flexibility index (Phi) is 8.21. The van der Waals surface area contributed by atoms with Crippen LogP contribution in [0.25, 0.3) is 0 Å². The summed E-state index contributed by atoms with van der Waals surface area (Å²) < 4.78 is 52.0. The molecule has 0 bridgehead atoms. The summed E-state index contributed by atoms with van der Waals surface area (Å²) in [6, 6.07) is 0. The van der Waals surface area contributed by atoms with Crippen LogP contribution in [0.4, 0.5) is 0 Å². The van der Waals surface area contributed by atoms with Crippen LogP contribution in [0.1, 0.15) is 53.3 Å². The van der Waals surface area contributed by atoms with Gasteiger partial charge in [0.15, 0.2) is 32.8 Å². The highest BCUT2D eigenvalue weighted by atomic mass is 35.5. The molecule has 1 aromatic heterocycles. The quantitative estimate of drug-likeness (QED) is 0.357. The van der Waals surface area contributed by atoms with Crippen molar-refractivity contribution in [2.75, 3.05) is 6.61 Å². The van der Waals surface area contributed by atoms with Crippen LogP contribution in [-0.2, 0) is 27.9 Å². The third kappa shape index (κ3) is 5.50. The number of aryl methyl sites for hydroxylation is 1. The number of rotatable bonds is 6. The molecule has 1 spiro atoms. The molecule has 0 amide bonds. The molecule has 11 nitrogen and oxygen atoms in total. The molecule has 0 aliphatic carbocycles. The zero-order chi connectivity index (χ0) is 30.1. The second-order valence-corrected chi connectivity index (χ2v) is 25.0. The van der Waals surface area contributed by atoms with Crippen molar-refractivity contribution in [3.05, 3.63) is 42.7 Å². The van der Waals surface area contributed by atoms with Crippen molar-refractivity contribution >= 4 is 38.4 Å². The Morgan fingerprint density at radius 3 is 2.10 bits per heavy atom. The third-order valence-corrected chi connectivity index (χ3v) is 19.5. The highest BCUT2D eigenvalue weighted by molar-refractivity contribution is 7.92. The van der Waals surface area contributed by atoms with Crippen molar-refractivity contribution in [3.63, 3.8) is 0 Å². The van der Waals surface area contributed by atoms with E-state index in [1.165, 1.54) is 10.8 Å². The maximum atomic E-state index is 13.0. The Morgan fingerprint density at radius 2 is 1.64 bits per heavy atom. The minimum absolute atomic E-state index is 0.0954. The van der Waals surface area contributed by atoms with E-state index in [-0.39, 0.29) is 27.9 Å². The number of nitrogens with two attached hydrogens (primary N) is 1. The first kappa shape index (κ1) is 32.3. The lowest BCUT2D eigenvalue weighted by atomic mass is 9.89. The molecule has 0 radical (unpaired) electrons. The zero-order valence-corrected chi connectivity index (χ0v) is 28.2. The molecule has 3 heterocycles. The summed E-state index contributed by atoms with van der Waals surface area (Å²) in [6.45, 7) is 21.8. The first-order valence-corrected chi connectivity index (χ1v) is 20.4. The molecule has 39 heavy (non-hydrogen) atoms. The topological polar surface area (TPSA) is 152 Å². The molecule has 2 unspecified atom stereocenters. The molecule has 1 saturated heterocycles. The van der Waals surface area contributed by atoms with Gasteiger partial charge in [-0.15, -0.1) is 0 Å². The van der Waals surface area contributed by atoms with Crippen molar-refractivity contribution in [2.24, 2.45) is 5.73 Å². The summed E-state index contributed by atoms with van der Waals surface area (Å²) >= 11 is 6.24. The van der Waals surface area contributed by atoms with Gasteiger partial charge < -0.3 is 19.3 Å². The molecule has 1 aromatic rings. The number of ether oxygens (including phenoxy) is 1. The molecule has 15 heteroatoms. The van der Waals surface area contributed by atoms with Gasteiger partial charge in [0.05, 0.1) is 12.3 Å². The van der Waals surface area contributed by atoms with E-state index in [0.717, 1.165) is 0 Å². The number of nitrogens with zero attached hydrogens (tertiary/aromatic N) is 1. The molecule has 0 saturated carbocycles. The second-order valence-electron chi connectivity index (χ2n) is 13.4. The largest absolute Gasteiger partial charge is 0.414 e. The summed E-state index contributed by atoms with van der Waals surface area (Å²) in [7, 11) is -9.51. The van der Waals surface area contributed by atoms with E-state index < -0.39 is 66.4 Å². The number of hydrogen-bond donors (Lipinski definition) is 2. The molecule has 4 atom stereocenters. The zero-order valence-electron chi connectivity index (χ0n) is 24.6. The minimum Gasteiger partial charge on any atom is -0.414 e. The molecule has 3 N–H and O–H groups in total. The summed E-state index contributed by atoms with van der Waals surface area (Å²) in [6.07, 6.45) is -2.20. The van der Waals surface area contributed by atoms with Crippen molar-refractivity contribution < 1.29 is 26.2 Å². The summed E-state index contributed by atoms with van der Waals surface area (Å²) in [5.41, 5.74) is 3.23. The fourth-order valence-electron chi connectivity index (χ4n) is 4.00. The smallest absolute Gasteiger partial charge is 0.330 e. The van der Waals surface area contributed by atoms with Crippen LogP contribution in [-0.4, -0.2) is 59.0 Å². The highest BCUT2D eigenvalue weighted by Gasteiger charge is 2.69. The SMILES string of the molecule is Cc1cn([C@@H]2OC(CO[Si](C)(C)C(C)(C)C)C3(OS(=O)(=O)C(Cl)=C3N)[C@H]2O[Si](C)(C)C(C)(C)C)c(=O)[nH]c1=O. The molecule has 1 fully saturated rings. The van der Waals surface area contributed by atoms with Crippen LogP contribution >= 0.6 is 11.6 Å². The van der Waals surface area contributed by atoms with Gasteiger partial charge in [-0.3, -0.25) is 14.3 Å². The van der Waals surface area contributed by atoms with E-state index in [0.29, 0.717) is 0 Å². The first-order valence-electron chi connectivity index (χ1n) is 12.8. The van der Waals surface area contributed by atoms with Crippen LogP contribution in [0.2, 0.25) is 36.3 Å². The molecular formula is C24H42ClN3O8SSi2. The fraction of sp³-hybridized carbons (Fsp3) is 0.750. The standard InChI is InChI=1S/C24H42ClN3O8SSi2/c1-14-12-28(21(30)27-19(14)29)20-17(35-39(10,11)23(5,6)7)24(16(26)18(25)37(31,32)36-24)15(34-20)13-33-38(8,9)22(2,3)4/h12,15,17,20H,13,26H2,1-11H3,(H,27,29,30)/t15?,17-,20+,24?/m0/s1. The van der Waals surface area contributed by atoms with Gasteiger partial charge in [-0.2, -0.15) is 8.42 Å². The number of aromatic amines is 1. The van der Waals surface area contributed by atoms with Crippen LogP contribution in [0.3, 0.4) is 0 Å². The van der Waals surface area contributed by atoms with Crippen LogP contribution in [0.5, 0.6) is 0 Å². The van der Waals surface area contributed by atoms with Gasteiger partial charge in [-0.05, 0) is 43.2 Å². The average molecular weight is 624 g/mol. The lowest BCUT2D eigenvalue weighted by Gasteiger charge is -2.43. The Balaban J connectivity index is 2.29. The van der Waals surface area contributed by atoms with Gasteiger partial charge in [0.25, 0.3) is 5.56 Å².